The highest BCUT2D eigenvalue weighted by Crippen LogP contribution is 2.26. The Bertz CT molecular complexity index is 753. The molecule has 9 heteroatoms. The van der Waals surface area contributed by atoms with Gasteiger partial charge in [0.05, 0.1) is 0 Å². The summed E-state index contributed by atoms with van der Waals surface area (Å²) in [4.78, 5) is 4.06. The lowest BCUT2D eigenvalue weighted by atomic mass is 10.1. The Morgan fingerprint density at radius 2 is 1.75 bits per heavy atom. The van der Waals surface area contributed by atoms with E-state index in [-0.39, 0.29) is 42.0 Å². The van der Waals surface area contributed by atoms with Gasteiger partial charge in [-0.2, -0.15) is 0 Å². The number of benzene rings is 2. The second-order valence-electron chi connectivity index (χ2n) is 5.78. The van der Waals surface area contributed by atoms with Gasteiger partial charge in [0.2, 0.25) is 0 Å². The zero-order valence-electron chi connectivity index (χ0n) is 15.3. The monoisotopic (exact) mass is 509 g/mol. The third kappa shape index (κ3) is 8.68. The number of alkyl halides is 3. The molecule has 0 saturated heterocycles. The van der Waals surface area contributed by atoms with Gasteiger partial charge >= 0.3 is 6.36 Å². The average Bonchev–Trinajstić information content (AvgIpc) is 2.62. The molecule has 0 aromatic heterocycles. The van der Waals surface area contributed by atoms with E-state index in [9.17, 15) is 18.3 Å². The van der Waals surface area contributed by atoms with Crippen LogP contribution < -0.4 is 15.4 Å². The standard InChI is InChI=1S/C19H22F3N3O2.HI/c1-23-18(24-12-4-5-14-8-10-16(26)11-9-14)25-13-15-6-2-3-7-17(15)27-19(20,21)22;/h2-3,6-11,26H,4-5,12-13H2,1H3,(H2,23,24,25);1H. The van der Waals surface area contributed by atoms with Crippen LogP contribution in [0.5, 0.6) is 11.5 Å². The molecule has 0 radical (unpaired) electrons. The van der Waals surface area contributed by atoms with Gasteiger partial charge in [-0.25, -0.2) is 0 Å². The van der Waals surface area contributed by atoms with Crippen LogP contribution in [0.3, 0.4) is 0 Å². The van der Waals surface area contributed by atoms with E-state index in [0.717, 1.165) is 18.4 Å². The predicted octanol–water partition coefficient (Wildman–Crippen LogP) is 4.21. The summed E-state index contributed by atoms with van der Waals surface area (Å²) < 4.78 is 41.4. The van der Waals surface area contributed by atoms with E-state index < -0.39 is 6.36 Å². The Hall–Kier alpha value is -2.17. The third-order valence-corrected chi connectivity index (χ3v) is 3.74. The van der Waals surface area contributed by atoms with Crippen molar-refractivity contribution in [3.63, 3.8) is 0 Å². The number of guanidine groups is 1. The van der Waals surface area contributed by atoms with Crippen LogP contribution in [0.4, 0.5) is 13.2 Å². The molecule has 0 unspecified atom stereocenters. The lowest BCUT2D eigenvalue weighted by Gasteiger charge is -2.15. The number of hydrogen-bond acceptors (Lipinski definition) is 3. The number of phenols is 1. The maximum atomic E-state index is 12.5. The highest BCUT2D eigenvalue weighted by atomic mass is 127. The number of aliphatic imine (C=N–C) groups is 1. The van der Waals surface area contributed by atoms with Crippen molar-refractivity contribution in [3.8, 4) is 11.5 Å². The number of ether oxygens (including phenoxy) is 1. The summed E-state index contributed by atoms with van der Waals surface area (Å²) in [6.45, 7) is 0.783. The molecule has 0 bridgehead atoms. The van der Waals surface area contributed by atoms with E-state index in [4.69, 9.17) is 0 Å². The summed E-state index contributed by atoms with van der Waals surface area (Å²) >= 11 is 0. The van der Waals surface area contributed by atoms with Gasteiger partial charge in [-0.1, -0.05) is 30.3 Å². The fourth-order valence-electron chi connectivity index (χ4n) is 2.44. The van der Waals surface area contributed by atoms with Crippen LogP contribution in [0, 0.1) is 0 Å². The van der Waals surface area contributed by atoms with Gasteiger partial charge in [0.15, 0.2) is 5.96 Å². The number of aromatic hydroxyl groups is 1. The van der Waals surface area contributed by atoms with Gasteiger partial charge in [0.25, 0.3) is 0 Å². The summed E-state index contributed by atoms with van der Waals surface area (Å²) in [6, 6.07) is 13.0. The quantitative estimate of drug-likeness (QED) is 0.227. The van der Waals surface area contributed by atoms with Crippen molar-refractivity contribution < 1.29 is 23.0 Å². The zero-order chi connectivity index (χ0) is 19.7. The number of phenolic OH excluding ortho intramolecular Hbond substituents is 1. The van der Waals surface area contributed by atoms with Crippen LogP contribution >= 0.6 is 24.0 Å². The Labute approximate surface area is 179 Å². The van der Waals surface area contributed by atoms with Crippen molar-refractivity contribution in [2.45, 2.75) is 25.7 Å². The lowest BCUT2D eigenvalue weighted by molar-refractivity contribution is -0.274. The Kier molecular flexibility index (Phi) is 9.91. The topological polar surface area (TPSA) is 65.9 Å². The van der Waals surface area contributed by atoms with E-state index in [2.05, 4.69) is 20.4 Å². The van der Waals surface area contributed by atoms with Gasteiger partial charge in [-0.05, 0) is 36.6 Å². The first-order valence-corrected chi connectivity index (χ1v) is 8.43. The third-order valence-electron chi connectivity index (χ3n) is 3.74. The minimum Gasteiger partial charge on any atom is -0.508 e. The molecule has 0 aliphatic rings. The lowest BCUT2D eigenvalue weighted by Crippen LogP contribution is -2.37. The van der Waals surface area contributed by atoms with Crippen molar-refractivity contribution >= 4 is 29.9 Å². The van der Waals surface area contributed by atoms with Crippen LogP contribution in [0.2, 0.25) is 0 Å². The molecule has 2 aromatic carbocycles. The van der Waals surface area contributed by atoms with E-state index in [1.54, 1.807) is 31.3 Å². The molecule has 0 amide bonds. The number of para-hydroxylation sites is 1. The van der Waals surface area contributed by atoms with Crippen molar-refractivity contribution in [3.05, 3.63) is 59.7 Å². The Morgan fingerprint density at radius 1 is 1.07 bits per heavy atom. The van der Waals surface area contributed by atoms with E-state index >= 15 is 0 Å². The second kappa shape index (κ2) is 11.6. The molecule has 0 fully saturated rings. The Morgan fingerprint density at radius 3 is 2.39 bits per heavy atom. The van der Waals surface area contributed by atoms with Crippen LogP contribution in [-0.4, -0.2) is 31.0 Å². The van der Waals surface area contributed by atoms with Gasteiger partial charge < -0.3 is 20.5 Å². The molecule has 154 valence electrons. The number of aryl methyl sites for hydroxylation is 1. The summed E-state index contributed by atoms with van der Waals surface area (Å²) in [5.41, 5.74) is 1.48. The van der Waals surface area contributed by atoms with Gasteiger partial charge in [-0.15, -0.1) is 37.1 Å². The fraction of sp³-hybridized carbons (Fsp3) is 0.316. The van der Waals surface area contributed by atoms with E-state index in [1.807, 2.05) is 12.1 Å². The number of rotatable bonds is 7. The maximum absolute atomic E-state index is 12.5. The van der Waals surface area contributed by atoms with Crippen molar-refractivity contribution in [2.75, 3.05) is 13.6 Å². The second-order valence-corrected chi connectivity index (χ2v) is 5.78. The predicted molar refractivity (Wildman–Crippen MR) is 113 cm³/mol. The van der Waals surface area contributed by atoms with Crippen molar-refractivity contribution in [1.29, 1.82) is 0 Å². The SMILES string of the molecule is CN=C(NCCCc1ccc(O)cc1)NCc1ccccc1OC(F)(F)F.I. The van der Waals surface area contributed by atoms with Crippen molar-refractivity contribution in [1.82, 2.24) is 10.6 Å². The summed E-state index contributed by atoms with van der Waals surface area (Å²) in [5, 5.41) is 15.4. The molecule has 0 aliphatic carbocycles. The summed E-state index contributed by atoms with van der Waals surface area (Å²) in [7, 11) is 1.59. The molecule has 28 heavy (non-hydrogen) atoms. The largest absolute Gasteiger partial charge is 0.573 e. The molecule has 2 aromatic rings. The molecule has 0 atom stereocenters. The molecule has 2 rings (SSSR count). The first-order chi connectivity index (χ1) is 12.9. The smallest absolute Gasteiger partial charge is 0.508 e. The molecule has 0 heterocycles. The van der Waals surface area contributed by atoms with Crippen LogP contribution in [0.1, 0.15) is 17.5 Å². The van der Waals surface area contributed by atoms with Gasteiger partial charge in [-0.3, -0.25) is 4.99 Å². The normalized spacial score (nSPS) is 11.5. The summed E-state index contributed by atoms with van der Waals surface area (Å²) in [5.74, 6) is 0.485. The highest BCUT2D eigenvalue weighted by Gasteiger charge is 2.31. The molecule has 0 spiro atoms. The fourth-order valence-corrected chi connectivity index (χ4v) is 2.44. The number of halogens is 4. The van der Waals surface area contributed by atoms with Gasteiger partial charge in [0, 0.05) is 25.7 Å². The first kappa shape index (κ1) is 23.9. The molecule has 0 aliphatic heterocycles. The van der Waals surface area contributed by atoms with E-state index in [1.165, 1.54) is 12.1 Å². The first-order valence-electron chi connectivity index (χ1n) is 8.43. The Balaban J connectivity index is 0.00000392. The maximum Gasteiger partial charge on any atom is 0.573 e. The molecular weight excluding hydrogens is 486 g/mol. The zero-order valence-corrected chi connectivity index (χ0v) is 17.6. The van der Waals surface area contributed by atoms with E-state index in [0.29, 0.717) is 18.1 Å². The number of nitrogens with zero attached hydrogens (tertiary/aromatic N) is 1. The van der Waals surface area contributed by atoms with Gasteiger partial charge in [0.1, 0.15) is 11.5 Å². The summed E-state index contributed by atoms with van der Waals surface area (Å²) in [6.07, 6.45) is -3.07. The average molecular weight is 509 g/mol. The van der Waals surface area contributed by atoms with Crippen LogP contribution in [0.15, 0.2) is 53.5 Å². The molecular formula is C19H23F3IN3O2. The molecule has 0 saturated carbocycles. The minimum atomic E-state index is -4.73. The highest BCUT2D eigenvalue weighted by molar-refractivity contribution is 14.0. The minimum absolute atomic E-state index is 0. The number of nitrogens with one attached hydrogen (secondary N) is 2. The molecule has 5 nitrogen and oxygen atoms in total. The number of hydrogen-bond donors (Lipinski definition) is 3. The molecule has 3 N–H and O–H groups in total. The van der Waals surface area contributed by atoms with Crippen molar-refractivity contribution in [2.24, 2.45) is 4.99 Å². The van der Waals surface area contributed by atoms with Crippen LogP contribution in [0.25, 0.3) is 0 Å². The van der Waals surface area contributed by atoms with Crippen LogP contribution in [-0.2, 0) is 13.0 Å².